The van der Waals surface area contributed by atoms with Crippen molar-refractivity contribution in [2.45, 2.75) is 26.7 Å². The lowest BCUT2D eigenvalue weighted by molar-refractivity contribution is -0.136. The normalized spacial score (nSPS) is 10.8. The van der Waals surface area contributed by atoms with Gasteiger partial charge in [-0.3, -0.25) is 9.59 Å². The lowest BCUT2D eigenvalue weighted by atomic mass is 10.0. The molecule has 5 heteroatoms. The molecule has 0 aliphatic carbocycles. The van der Waals surface area contributed by atoms with Gasteiger partial charge >= 0.3 is 5.97 Å². The van der Waals surface area contributed by atoms with Gasteiger partial charge in [-0.15, -0.1) is 0 Å². The maximum absolute atomic E-state index is 12.3. The lowest BCUT2D eigenvalue weighted by Crippen LogP contribution is -2.13. The molecule has 2 N–H and O–H groups in total. The Morgan fingerprint density at radius 3 is 2.63 bits per heavy atom. The Morgan fingerprint density at radius 1 is 1.32 bits per heavy atom. The van der Waals surface area contributed by atoms with Crippen LogP contribution in [0.2, 0.25) is 0 Å². The first kappa shape index (κ1) is 13.1. The second kappa shape index (κ2) is 4.76. The van der Waals surface area contributed by atoms with E-state index >= 15 is 0 Å². The van der Waals surface area contributed by atoms with Crippen LogP contribution in [0.15, 0.2) is 21.3 Å². The van der Waals surface area contributed by atoms with Gasteiger partial charge in [0.15, 0.2) is 5.43 Å². The zero-order chi connectivity index (χ0) is 14.2. The Bertz CT molecular complexity index is 712. The molecule has 2 rings (SSSR count). The molecule has 0 fully saturated rings. The number of hydrogen-bond acceptors (Lipinski definition) is 4. The number of aromatic hydroxyl groups is 1. The van der Waals surface area contributed by atoms with Crippen LogP contribution in [0.1, 0.15) is 23.3 Å². The molecular weight excluding hydrogens is 248 g/mol. The Balaban J connectivity index is 2.64. The van der Waals surface area contributed by atoms with Crippen LogP contribution in [-0.2, 0) is 11.2 Å². The third-order valence-corrected chi connectivity index (χ3v) is 3.09. The minimum absolute atomic E-state index is 0.0633. The first-order chi connectivity index (χ1) is 8.90. The Hall–Kier alpha value is -2.30. The summed E-state index contributed by atoms with van der Waals surface area (Å²) in [6.07, 6.45) is 0.0214. The van der Waals surface area contributed by atoms with Crippen LogP contribution in [0.4, 0.5) is 0 Å². The zero-order valence-corrected chi connectivity index (χ0v) is 10.7. The largest absolute Gasteiger partial charge is 0.508 e. The maximum atomic E-state index is 12.3. The van der Waals surface area contributed by atoms with Crippen molar-refractivity contribution in [2.24, 2.45) is 0 Å². The number of fused-ring (bicyclic) bond motifs is 1. The summed E-state index contributed by atoms with van der Waals surface area (Å²) in [6.45, 7) is 3.31. The fourth-order valence-corrected chi connectivity index (χ4v) is 2.01. The van der Waals surface area contributed by atoms with Crippen LogP contribution < -0.4 is 5.43 Å². The Morgan fingerprint density at radius 2 is 2.00 bits per heavy atom. The number of phenolic OH excluding ortho intramolecular Hbond substituents is 1. The van der Waals surface area contributed by atoms with E-state index < -0.39 is 5.97 Å². The van der Waals surface area contributed by atoms with Crippen molar-refractivity contribution in [3.05, 3.63) is 39.2 Å². The summed E-state index contributed by atoms with van der Waals surface area (Å²) in [4.78, 5) is 22.9. The molecule has 0 saturated carbocycles. The molecule has 0 atom stereocenters. The van der Waals surface area contributed by atoms with Crippen molar-refractivity contribution in [2.75, 3.05) is 0 Å². The van der Waals surface area contributed by atoms with Crippen molar-refractivity contribution < 1.29 is 19.4 Å². The van der Waals surface area contributed by atoms with Gasteiger partial charge in [0.05, 0.1) is 5.39 Å². The third-order valence-electron chi connectivity index (χ3n) is 3.09. The number of aliphatic carboxylic acids is 1. The fraction of sp³-hybridized carbons (Fsp3) is 0.286. The molecule has 1 aromatic carbocycles. The highest BCUT2D eigenvalue weighted by Gasteiger charge is 2.14. The van der Waals surface area contributed by atoms with E-state index in [1.165, 1.54) is 6.07 Å². The summed E-state index contributed by atoms with van der Waals surface area (Å²) in [5.41, 5.74) is 1.03. The van der Waals surface area contributed by atoms with Gasteiger partial charge in [0.2, 0.25) is 0 Å². The van der Waals surface area contributed by atoms with E-state index in [-0.39, 0.29) is 24.0 Å². The smallest absolute Gasteiger partial charge is 0.303 e. The monoisotopic (exact) mass is 262 g/mol. The average molecular weight is 262 g/mol. The van der Waals surface area contributed by atoms with E-state index in [0.29, 0.717) is 27.9 Å². The molecule has 0 spiro atoms. The zero-order valence-electron chi connectivity index (χ0n) is 10.7. The van der Waals surface area contributed by atoms with Crippen LogP contribution >= 0.6 is 0 Å². The molecule has 1 aromatic heterocycles. The highest BCUT2D eigenvalue weighted by atomic mass is 16.4. The molecule has 0 aliphatic rings. The fourth-order valence-electron chi connectivity index (χ4n) is 2.01. The topological polar surface area (TPSA) is 87.7 Å². The predicted octanol–water partition coefficient (Wildman–Crippen LogP) is 2.13. The van der Waals surface area contributed by atoms with Gasteiger partial charge in [0.1, 0.15) is 17.1 Å². The van der Waals surface area contributed by atoms with Crippen molar-refractivity contribution in [1.29, 1.82) is 0 Å². The van der Waals surface area contributed by atoms with Gasteiger partial charge in [-0.2, -0.15) is 0 Å². The molecule has 2 aromatic rings. The molecular formula is C14H14O5. The van der Waals surface area contributed by atoms with Gasteiger partial charge in [-0.1, -0.05) is 0 Å². The maximum Gasteiger partial charge on any atom is 0.303 e. The van der Waals surface area contributed by atoms with E-state index in [1.54, 1.807) is 19.9 Å². The average Bonchev–Trinajstić information content (AvgIpc) is 2.31. The van der Waals surface area contributed by atoms with Gasteiger partial charge in [0.25, 0.3) is 0 Å². The summed E-state index contributed by atoms with van der Waals surface area (Å²) in [6, 6.07) is 2.96. The molecule has 19 heavy (non-hydrogen) atoms. The Labute approximate surface area is 109 Å². The summed E-state index contributed by atoms with van der Waals surface area (Å²) in [7, 11) is 0. The minimum atomic E-state index is -0.958. The van der Waals surface area contributed by atoms with Crippen LogP contribution in [-0.4, -0.2) is 16.2 Å². The van der Waals surface area contributed by atoms with Crippen molar-refractivity contribution in [1.82, 2.24) is 0 Å². The van der Waals surface area contributed by atoms with E-state index in [4.69, 9.17) is 9.52 Å². The third kappa shape index (κ3) is 2.45. The summed E-state index contributed by atoms with van der Waals surface area (Å²) in [5, 5.41) is 18.7. The van der Waals surface area contributed by atoms with Crippen LogP contribution in [0.5, 0.6) is 5.75 Å². The quantitative estimate of drug-likeness (QED) is 0.884. The van der Waals surface area contributed by atoms with Gasteiger partial charge < -0.3 is 14.6 Å². The lowest BCUT2D eigenvalue weighted by Gasteiger charge is -2.07. The second-order valence-electron chi connectivity index (χ2n) is 4.49. The van der Waals surface area contributed by atoms with Crippen molar-refractivity contribution in [3.63, 3.8) is 0 Å². The molecule has 0 unspecified atom stereocenters. The number of aryl methyl sites for hydroxylation is 2. The van der Waals surface area contributed by atoms with Crippen LogP contribution in [0.25, 0.3) is 11.0 Å². The number of hydrogen-bond donors (Lipinski definition) is 2. The number of rotatable bonds is 3. The summed E-state index contributed by atoms with van der Waals surface area (Å²) in [5.74, 6) is -0.504. The van der Waals surface area contributed by atoms with E-state index in [1.807, 2.05) is 0 Å². The van der Waals surface area contributed by atoms with E-state index in [2.05, 4.69) is 0 Å². The standard InChI is InChI=1S/C14H14O5/c1-7-5-10-12(6-11(7)15)19-8(2)9(14(10)18)3-4-13(16)17/h5-6,15H,3-4H2,1-2H3,(H,16,17). The minimum Gasteiger partial charge on any atom is -0.508 e. The van der Waals surface area contributed by atoms with Crippen LogP contribution in [0.3, 0.4) is 0 Å². The number of carbonyl (C=O) groups is 1. The van der Waals surface area contributed by atoms with Gasteiger partial charge in [0, 0.05) is 18.1 Å². The molecule has 0 amide bonds. The SMILES string of the molecule is Cc1cc2c(=O)c(CCC(=O)O)c(C)oc2cc1O. The predicted molar refractivity (Wildman–Crippen MR) is 69.6 cm³/mol. The Kier molecular flexibility index (Phi) is 3.29. The molecule has 5 nitrogen and oxygen atoms in total. The van der Waals surface area contributed by atoms with Gasteiger partial charge in [-0.25, -0.2) is 0 Å². The van der Waals surface area contributed by atoms with Crippen molar-refractivity contribution in [3.8, 4) is 5.75 Å². The molecule has 0 aliphatic heterocycles. The van der Waals surface area contributed by atoms with Crippen molar-refractivity contribution >= 4 is 16.9 Å². The van der Waals surface area contributed by atoms with E-state index in [9.17, 15) is 14.7 Å². The number of carboxylic acid groups (broad SMARTS) is 1. The molecule has 100 valence electrons. The summed E-state index contributed by atoms with van der Waals surface area (Å²) >= 11 is 0. The highest BCUT2D eigenvalue weighted by molar-refractivity contribution is 5.80. The first-order valence-electron chi connectivity index (χ1n) is 5.88. The van der Waals surface area contributed by atoms with E-state index in [0.717, 1.165) is 0 Å². The first-order valence-corrected chi connectivity index (χ1v) is 5.88. The van der Waals surface area contributed by atoms with Gasteiger partial charge in [-0.05, 0) is 31.9 Å². The number of phenols is 1. The highest BCUT2D eigenvalue weighted by Crippen LogP contribution is 2.24. The van der Waals surface area contributed by atoms with Crippen LogP contribution in [0, 0.1) is 13.8 Å². The molecule has 1 heterocycles. The molecule has 0 bridgehead atoms. The number of carboxylic acids is 1. The summed E-state index contributed by atoms with van der Waals surface area (Å²) < 4.78 is 5.49. The second-order valence-corrected chi connectivity index (χ2v) is 4.49. The molecule has 0 saturated heterocycles. The number of benzene rings is 1. The molecule has 0 radical (unpaired) electrons.